The van der Waals surface area contributed by atoms with E-state index in [0.717, 1.165) is 0 Å². The van der Waals surface area contributed by atoms with Crippen molar-refractivity contribution < 1.29 is 14.7 Å². The smallest absolute Gasteiger partial charge is 0.331 e. The monoisotopic (exact) mass is 279 g/mol. The molecule has 0 saturated carbocycles. The van der Waals surface area contributed by atoms with Crippen LogP contribution in [0.5, 0.6) is 0 Å². The lowest BCUT2D eigenvalue weighted by Crippen LogP contribution is -2.33. The number of hydrogen-bond donors (Lipinski definition) is 2. The van der Waals surface area contributed by atoms with Gasteiger partial charge in [-0.05, 0) is 11.4 Å². The summed E-state index contributed by atoms with van der Waals surface area (Å²) in [6, 6.07) is 2.47. The highest BCUT2D eigenvalue weighted by molar-refractivity contribution is 7.10. The molecule has 0 saturated heterocycles. The molecule has 0 aliphatic heterocycles. The summed E-state index contributed by atoms with van der Waals surface area (Å²) in [4.78, 5) is 27.4. The minimum atomic E-state index is -1.06. The maximum atomic E-state index is 11.7. The van der Waals surface area contributed by atoms with Gasteiger partial charge in [0.1, 0.15) is 0 Å². The molecule has 6 nitrogen and oxygen atoms in total. The molecule has 2 aromatic heterocycles. The van der Waals surface area contributed by atoms with Crippen LogP contribution >= 0.6 is 11.3 Å². The van der Waals surface area contributed by atoms with Gasteiger partial charge in [0.2, 0.25) is 5.91 Å². The van der Waals surface area contributed by atoms with Crippen LogP contribution in [0.3, 0.4) is 0 Å². The lowest BCUT2D eigenvalue weighted by molar-refractivity contribution is -0.142. The number of nitrogens with zero attached hydrogens (tertiary/aromatic N) is 2. The summed E-state index contributed by atoms with van der Waals surface area (Å²) in [6.45, 7) is 0.475. The second-order valence-corrected chi connectivity index (χ2v) is 4.88. The van der Waals surface area contributed by atoms with E-state index in [-0.39, 0.29) is 12.3 Å². The number of nitrogens with one attached hydrogen (secondary N) is 1. The molecule has 1 amide bonds. The third-order valence-corrected chi connectivity index (χ3v) is 3.47. The first-order chi connectivity index (χ1) is 9.16. The largest absolute Gasteiger partial charge is 0.479 e. The first-order valence-corrected chi connectivity index (χ1v) is 6.56. The Labute approximate surface area is 113 Å². The molecule has 1 atom stereocenters. The number of aromatic nitrogens is 2. The van der Waals surface area contributed by atoms with Gasteiger partial charge in [-0.3, -0.25) is 4.79 Å². The first-order valence-electron chi connectivity index (χ1n) is 5.68. The van der Waals surface area contributed by atoms with Gasteiger partial charge in [-0.2, -0.15) is 0 Å². The highest BCUT2D eigenvalue weighted by atomic mass is 32.1. The molecule has 0 aromatic carbocycles. The van der Waals surface area contributed by atoms with Crippen molar-refractivity contribution in [3.05, 3.63) is 41.1 Å². The van der Waals surface area contributed by atoms with Crippen molar-refractivity contribution in [2.45, 2.75) is 19.0 Å². The Kier molecular flexibility index (Phi) is 4.30. The van der Waals surface area contributed by atoms with Gasteiger partial charge in [0.05, 0.1) is 6.33 Å². The van der Waals surface area contributed by atoms with Crippen LogP contribution in [-0.2, 0) is 16.1 Å². The van der Waals surface area contributed by atoms with Crippen molar-refractivity contribution in [2.24, 2.45) is 0 Å². The highest BCUT2D eigenvalue weighted by Gasteiger charge is 2.22. The number of aliphatic carboxylic acids is 1. The lowest BCUT2D eigenvalue weighted by atomic mass is 10.2. The molecule has 7 heteroatoms. The third-order valence-electron chi connectivity index (χ3n) is 2.54. The fourth-order valence-electron chi connectivity index (χ4n) is 1.59. The van der Waals surface area contributed by atoms with E-state index in [1.54, 1.807) is 40.8 Å². The zero-order valence-corrected chi connectivity index (χ0v) is 10.8. The van der Waals surface area contributed by atoms with Crippen molar-refractivity contribution in [1.82, 2.24) is 14.9 Å². The molecule has 0 aliphatic carbocycles. The molecule has 0 spiro atoms. The van der Waals surface area contributed by atoms with Gasteiger partial charge in [0, 0.05) is 30.2 Å². The summed E-state index contributed by atoms with van der Waals surface area (Å²) in [5.74, 6) is -1.35. The van der Waals surface area contributed by atoms with Gasteiger partial charge >= 0.3 is 5.97 Å². The van der Waals surface area contributed by atoms with Gasteiger partial charge < -0.3 is 15.0 Å². The summed E-state index contributed by atoms with van der Waals surface area (Å²) in [5, 5.41) is 13.4. The number of amides is 1. The highest BCUT2D eigenvalue weighted by Crippen LogP contribution is 2.19. The zero-order valence-electron chi connectivity index (χ0n) is 10.0. The molecule has 2 N–H and O–H groups in total. The van der Waals surface area contributed by atoms with E-state index in [1.807, 2.05) is 0 Å². The van der Waals surface area contributed by atoms with Crippen LogP contribution < -0.4 is 5.32 Å². The van der Waals surface area contributed by atoms with Crippen LogP contribution in [0.15, 0.2) is 36.2 Å². The molecule has 0 aliphatic rings. The van der Waals surface area contributed by atoms with E-state index in [2.05, 4.69) is 10.3 Å². The predicted molar refractivity (Wildman–Crippen MR) is 69.7 cm³/mol. The molecule has 2 heterocycles. The minimum Gasteiger partial charge on any atom is -0.479 e. The second kappa shape index (κ2) is 6.14. The SMILES string of the molecule is O=C(CCn1ccnc1)NC(C(=O)O)c1cccs1. The second-order valence-electron chi connectivity index (χ2n) is 3.90. The Balaban J connectivity index is 1.90. The Bertz CT molecular complexity index is 537. The molecule has 0 radical (unpaired) electrons. The van der Waals surface area contributed by atoms with Crippen LogP contribution in [0.25, 0.3) is 0 Å². The number of hydrogen-bond acceptors (Lipinski definition) is 4. The number of carboxylic acid groups (broad SMARTS) is 1. The molecule has 100 valence electrons. The summed E-state index contributed by atoms with van der Waals surface area (Å²) < 4.78 is 1.76. The molecular formula is C12H13N3O3S. The Morgan fingerprint density at radius 2 is 2.37 bits per heavy atom. The standard InChI is InChI=1S/C12H13N3O3S/c16-10(3-5-15-6-4-13-8-15)14-11(12(17)18)9-2-1-7-19-9/h1-2,4,6-8,11H,3,5H2,(H,14,16)(H,17,18). The average Bonchev–Trinajstić information content (AvgIpc) is 3.05. The molecule has 2 aromatic rings. The van der Waals surface area contributed by atoms with Gasteiger partial charge in [-0.15, -0.1) is 11.3 Å². The molecule has 2 rings (SSSR count). The Morgan fingerprint density at radius 1 is 1.53 bits per heavy atom. The van der Waals surface area contributed by atoms with Gasteiger partial charge in [0.25, 0.3) is 0 Å². The maximum Gasteiger partial charge on any atom is 0.331 e. The summed E-state index contributed by atoms with van der Waals surface area (Å²) in [5.41, 5.74) is 0. The van der Waals surface area contributed by atoms with Crippen molar-refractivity contribution in [3.8, 4) is 0 Å². The van der Waals surface area contributed by atoms with Crippen LogP contribution in [0.1, 0.15) is 17.3 Å². The first kappa shape index (κ1) is 13.3. The summed E-state index contributed by atoms with van der Waals surface area (Å²) in [6.07, 6.45) is 5.21. The van der Waals surface area contributed by atoms with Crippen LogP contribution in [-0.4, -0.2) is 26.5 Å². The number of carbonyl (C=O) groups is 2. The molecule has 1 unspecified atom stereocenters. The normalized spacial score (nSPS) is 12.0. The van der Waals surface area contributed by atoms with E-state index in [0.29, 0.717) is 11.4 Å². The van der Waals surface area contributed by atoms with Crippen LogP contribution in [0, 0.1) is 0 Å². The van der Waals surface area contributed by atoms with E-state index >= 15 is 0 Å². The maximum absolute atomic E-state index is 11.7. The quantitative estimate of drug-likeness (QED) is 0.834. The van der Waals surface area contributed by atoms with E-state index in [1.165, 1.54) is 11.3 Å². The van der Waals surface area contributed by atoms with Gasteiger partial charge in [-0.1, -0.05) is 6.07 Å². The fourth-order valence-corrected chi connectivity index (χ4v) is 2.36. The van der Waals surface area contributed by atoms with E-state index < -0.39 is 12.0 Å². The van der Waals surface area contributed by atoms with Crippen molar-refractivity contribution in [2.75, 3.05) is 0 Å². The number of aryl methyl sites for hydroxylation is 1. The minimum absolute atomic E-state index is 0.214. The molecule has 0 bridgehead atoms. The van der Waals surface area contributed by atoms with Gasteiger partial charge in [0.15, 0.2) is 6.04 Å². The third kappa shape index (κ3) is 3.65. The number of carbonyl (C=O) groups excluding carboxylic acids is 1. The zero-order chi connectivity index (χ0) is 13.7. The van der Waals surface area contributed by atoms with Crippen LogP contribution in [0.2, 0.25) is 0 Å². The van der Waals surface area contributed by atoms with Crippen LogP contribution in [0.4, 0.5) is 0 Å². The molecular weight excluding hydrogens is 266 g/mol. The number of carboxylic acids is 1. The number of imidazole rings is 1. The predicted octanol–water partition coefficient (Wildman–Crippen LogP) is 1.28. The summed E-state index contributed by atoms with van der Waals surface area (Å²) in [7, 11) is 0. The van der Waals surface area contributed by atoms with E-state index in [4.69, 9.17) is 5.11 Å². The fraction of sp³-hybridized carbons (Fsp3) is 0.250. The van der Waals surface area contributed by atoms with Crippen molar-refractivity contribution in [3.63, 3.8) is 0 Å². The molecule has 19 heavy (non-hydrogen) atoms. The average molecular weight is 279 g/mol. The van der Waals surface area contributed by atoms with Crippen molar-refractivity contribution >= 4 is 23.2 Å². The lowest BCUT2D eigenvalue weighted by Gasteiger charge is -2.13. The Morgan fingerprint density at radius 3 is 2.95 bits per heavy atom. The summed E-state index contributed by atoms with van der Waals surface area (Å²) >= 11 is 1.31. The van der Waals surface area contributed by atoms with Gasteiger partial charge in [-0.25, -0.2) is 9.78 Å². The van der Waals surface area contributed by atoms with Crippen molar-refractivity contribution in [1.29, 1.82) is 0 Å². The van der Waals surface area contributed by atoms with E-state index in [9.17, 15) is 9.59 Å². The number of thiophene rings is 1. The Hall–Kier alpha value is -2.15. The topological polar surface area (TPSA) is 84.2 Å². The molecule has 0 fully saturated rings. The number of rotatable bonds is 6.